The molecule has 0 fully saturated rings. The number of hydrogen-bond donors (Lipinski definition) is 2. The SMILES string of the molecule is O=C(NCCCn1ccnc1)[C@@H](Cc1ccccc1)NS(=O)(=O)c1ccc(Cl)cc1. The maximum atomic E-state index is 12.8. The van der Waals surface area contributed by atoms with Crippen LogP contribution in [0.15, 0.2) is 78.2 Å². The minimum atomic E-state index is -3.89. The molecule has 30 heavy (non-hydrogen) atoms. The normalized spacial score (nSPS) is 12.4. The van der Waals surface area contributed by atoms with E-state index in [0.29, 0.717) is 24.5 Å². The molecule has 2 N–H and O–H groups in total. The van der Waals surface area contributed by atoms with E-state index in [-0.39, 0.29) is 17.2 Å². The molecule has 0 bridgehead atoms. The highest BCUT2D eigenvalue weighted by atomic mass is 35.5. The number of aromatic nitrogens is 2. The molecule has 1 atom stereocenters. The maximum Gasteiger partial charge on any atom is 0.241 e. The van der Waals surface area contributed by atoms with Crippen LogP contribution in [0.1, 0.15) is 12.0 Å². The summed E-state index contributed by atoms with van der Waals surface area (Å²) in [5.74, 6) is -0.373. The Balaban J connectivity index is 1.67. The average Bonchev–Trinajstić information content (AvgIpc) is 3.25. The van der Waals surface area contributed by atoms with Crippen molar-refractivity contribution in [3.63, 3.8) is 0 Å². The van der Waals surface area contributed by atoms with Gasteiger partial charge in [0.2, 0.25) is 15.9 Å². The Bertz CT molecular complexity index is 1040. The van der Waals surface area contributed by atoms with Crippen LogP contribution in [0.3, 0.4) is 0 Å². The summed E-state index contributed by atoms with van der Waals surface area (Å²) in [5.41, 5.74) is 0.856. The molecule has 9 heteroatoms. The molecule has 158 valence electrons. The van der Waals surface area contributed by atoms with Crippen molar-refractivity contribution in [3.05, 3.63) is 83.9 Å². The highest BCUT2D eigenvalue weighted by Gasteiger charge is 2.26. The number of benzene rings is 2. The highest BCUT2D eigenvalue weighted by molar-refractivity contribution is 7.89. The molecule has 0 aliphatic carbocycles. The van der Waals surface area contributed by atoms with E-state index < -0.39 is 16.1 Å². The van der Waals surface area contributed by atoms with Crippen LogP contribution in [0.2, 0.25) is 5.02 Å². The Hall–Kier alpha value is -2.68. The van der Waals surface area contributed by atoms with Crippen molar-refractivity contribution in [3.8, 4) is 0 Å². The molecule has 7 nitrogen and oxygen atoms in total. The van der Waals surface area contributed by atoms with Gasteiger partial charge in [-0.25, -0.2) is 13.4 Å². The fraction of sp³-hybridized carbons (Fsp3) is 0.238. The Morgan fingerprint density at radius 3 is 2.50 bits per heavy atom. The number of rotatable bonds is 10. The lowest BCUT2D eigenvalue weighted by molar-refractivity contribution is -0.122. The molecule has 0 radical (unpaired) electrons. The summed E-state index contributed by atoms with van der Waals surface area (Å²) in [4.78, 5) is 16.8. The Morgan fingerprint density at radius 1 is 1.10 bits per heavy atom. The summed E-state index contributed by atoms with van der Waals surface area (Å²) in [6.45, 7) is 1.13. The third-order valence-electron chi connectivity index (χ3n) is 4.47. The number of hydrogen-bond acceptors (Lipinski definition) is 4. The summed E-state index contributed by atoms with van der Waals surface area (Å²) >= 11 is 5.85. The number of nitrogens with zero attached hydrogens (tertiary/aromatic N) is 2. The lowest BCUT2D eigenvalue weighted by Crippen LogP contribution is -2.48. The summed E-state index contributed by atoms with van der Waals surface area (Å²) in [6, 6.07) is 14.2. The summed E-state index contributed by atoms with van der Waals surface area (Å²) in [6.07, 6.45) is 6.19. The Labute approximate surface area is 181 Å². The summed E-state index contributed by atoms with van der Waals surface area (Å²) in [7, 11) is -3.89. The average molecular weight is 447 g/mol. The minimum absolute atomic E-state index is 0.0536. The van der Waals surface area contributed by atoms with Gasteiger partial charge in [0, 0.05) is 30.5 Å². The number of carbonyl (C=O) groups excluding carboxylic acids is 1. The Kier molecular flexibility index (Phi) is 7.62. The zero-order chi connectivity index (χ0) is 21.4. The van der Waals surface area contributed by atoms with Crippen LogP contribution in [0.25, 0.3) is 0 Å². The first-order valence-electron chi connectivity index (χ1n) is 9.49. The molecule has 0 aliphatic heterocycles. The largest absolute Gasteiger partial charge is 0.355 e. The molecule has 0 saturated carbocycles. The fourth-order valence-electron chi connectivity index (χ4n) is 2.92. The summed E-state index contributed by atoms with van der Waals surface area (Å²) in [5, 5.41) is 3.26. The van der Waals surface area contributed by atoms with Gasteiger partial charge >= 0.3 is 0 Å². The first-order chi connectivity index (χ1) is 14.4. The maximum absolute atomic E-state index is 12.8. The minimum Gasteiger partial charge on any atom is -0.355 e. The number of halogens is 1. The van der Waals surface area contributed by atoms with Gasteiger partial charge in [-0.1, -0.05) is 41.9 Å². The molecule has 0 unspecified atom stereocenters. The molecule has 0 aliphatic rings. The van der Waals surface area contributed by atoms with E-state index >= 15 is 0 Å². The topological polar surface area (TPSA) is 93.1 Å². The molecule has 1 amide bonds. The smallest absolute Gasteiger partial charge is 0.241 e. The number of aryl methyl sites for hydroxylation is 1. The van der Waals surface area contributed by atoms with Crippen molar-refractivity contribution in [2.75, 3.05) is 6.54 Å². The van der Waals surface area contributed by atoms with Crippen LogP contribution in [-0.2, 0) is 27.8 Å². The third kappa shape index (κ3) is 6.41. The number of nitrogens with one attached hydrogen (secondary N) is 2. The molecular formula is C21H23ClN4O3S. The standard InChI is InChI=1S/C21H23ClN4O3S/c22-18-7-9-19(10-8-18)30(28,29)25-20(15-17-5-2-1-3-6-17)21(27)24-11-4-13-26-14-12-23-16-26/h1-3,5-10,12,14,16,20,25H,4,11,13,15H2,(H,24,27)/t20-/m1/s1. The third-order valence-corrected chi connectivity index (χ3v) is 6.21. The van der Waals surface area contributed by atoms with Crippen LogP contribution in [0.5, 0.6) is 0 Å². The van der Waals surface area contributed by atoms with E-state index in [9.17, 15) is 13.2 Å². The number of sulfonamides is 1. The van der Waals surface area contributed by atoms with Gasteiger partial charge in [0.15, 0.2) is 0 Å². The van der Waals surface area contributed by atoms with Crippen molar-refractivity contribution in [2.24, 2.45) is 0 Å². The lowest BCUT2D eigenvalue weighted by atomic mass is 10.1. The van der Waals surface area contributed by atoms with E-state index in [1.807, 2.05) is 41.1 Å². The van der Waals surface area contributed by atoms with Gasteiger partial charge in [0.25, 0.3) is 0 Å². The molecule has 3 rings (SSSR count). The van der Waals surface area contributed by atoms with Crippen molar-refractivity contribution in [1.29, 1.82) is 0 Å². The van der Waals surface area contributed by atoms with Crippen molar-refractivity contribution >= 4 is 27.5 Å². The van der Waals surface area contributed by atoms with Crippen LogP contribution < -0.4 is 10.0 Å². The first kappa shape index (κ1) is 22.0. The van der Waals surface area contributed by atoms with Crippen molar-refractivity contribution in [1.82, 2.24) is 19.6 Å². The molecule has 2 aromatic carbocycles. The van der Waals surface area contributed by atoms with Gasteiger partial charge < -0.3 is 9.88 Å². The monoisotopic (exact) mass is 446 g/mol. The van der Waals surface area contributed by atoms with Gasteiger partial charge in [0.1, 0.15) is 6.04 Å². The van der Waals surface area contributed by atoms with Crippen molar-refractivity contribution in [2.45, 2.75) is 30.3 Å². The predicted molar refractivity (Wildman–Crippen MR) is 116 cm³/mol. The van der Waals surface area contributed by atoms with Gasteiger partial charge in [-0.15, -0.1) is 0 Å². The molecule has 0 spiro atoms. The second-order valence-electron chi connectivity index (χ2n) is 6.76. The van der Waals surface area contributed by atoms with E-state index in [1.165, 1.54) is 24.3 Å². The van der Waals surface area contributed by atoms with E-state index in [0.717, 1.165) is 5.56 Å². The fourth-order valence-corrected chi connectivity index (χ4v) is 4.24. The number of carbonyl (C=O) groups is 1. The molecule has 1 heterocycles. The quantitative estimate of drug-likeness (QED) is 0.468. The number of amides is 1. The van der Waals surface area contributed by atoms with E-state index in [1.54, 1.807) is 12.5 Å². The molecule has 3 aromatic rings. The van der Waals surface area contributed by atoms with E-state index in [4.69, 9.17) is 11.6 Å². The van der Waals surface area contributed by atoms with Gasteiger partial charge in [-0.3, -0.25) is 4.79 Å². The zero-order valence-corrected chi connectivity index (χ0v) is 17.8. The highest BCUT2D eigenvalue weighted by Crippen LogP contribution is 2.15. The Morgan fingerprint density at radius 2 is 1.83 bits per heavy atom. The van der Waals surface area contributed by atoms with Crippen LogP contribution >= 0.6 is 11.6 Å². The molecular weight excluding hydrogens is 424 g/mol. The molecule has 1 aromatic heterocycles. The van der Waals surface area contributed by atoms with Gasteiger partial charge in [-0.05, 0) is 42.7 Å². The lowest BCUT2D eigenvalue weighted by Gasteiger charge is -2.19. The number of imidazole rings is 1. The van der Waals surface area contributed by atoms with Crippen LogP contribution in [0, 0.1) is 0 Å². The second kappa shape index (κ2) is 10.4. The van der Waals surface area contributed by atoms with Gasteiger partial charge in [-0.2, -0.15) is 4.72 Å². The molecule has 0 saturated heterocycles. The van der Waals surface area contributed by atoms with Crippen LogP contribution in [0.4, 0.5) is 0 Å². The van der Waals surface area contributed by atoms with Crippen LogP contribution in [-0.4, -0.2) is 36.5 Å². The predicted octanol–water partition coefficient (Wildman–Crippen LogP) is 2.63. The second-order valence-corrected chi connectivity index (χ2v) is 8.91. The van der Waals surface area contributed by atoms with Gasteiger partial charge in [0.05, 0.1) is 11.2 Å². The first-order valence-corrected chi connectivity index (χ1v) is 11.4. The summed E-state index contributed by atoms with van der Waals surface area (Å²) < 4.78 is 30.0. The van der Waals surface area contributed by atoms with Crippen molar-refractivity contribution < 1.29 is 13.2 Å². The zero-order valence-electron chi connectivity index (χ0n) is 16.2. The van der Waals surface area contributed by atoms with E-state index in [2.05, 4.69) is 15.0 Å².